The van der Waals surface area contributed by atoms with Crippen molar-refractivity contribution in [2.45, 2.75) is 9.79 Å². The second-order valence-electron chi connectivity index (χ2n) is 3.95. The van der Waals surface area contributed by atoms with E-state index in [0.717, 1.165) is 0 Å². The predicted octanol–water partition coefficient (Wildman–Crippen LogP) is 4.10. The van der Waals surface area contributed by atoms with Gasteiger partial charge in [-0.1, -0.05) is 36.0 Å². The Morgan fingerprint density at radius 3 is 2.69 bits per heavy atom. The number of benzene rings is 2. The van der Waals surface area contributed by atoms with E-state index in [1.165, 1.54) is 26.4 Å². The van der Waals surface area contributed by atoms with Crippen LogP contribution in [0.1, 0.15) is 0 Å². The summed E-state index contributed by atoms with van der Waals surface area (Å²) in [6.45, 7) is 0. The second kappa shape index (κ2) is 2.92. The molecule has 1 nitrogen and oxygen atoms in total. The molecule has 0 atom stereocenters. The highest BCUT2D eigenvalue weighted by Gasteiger charge is 2.17. The van der Waals surface area contributed by atoms with Gasteiger partial charge in [-0.05, 0) is 24.3 Å². The summed E-state index contributed by atoms with van der Waals surface area (Å²) in [4.78, 5) is 2.68. The van der Waals surface area contributed by atoms with Crippen LogP contribution in [0.15, 0.2) is 64.5 Å². The number of fused-ring (bicyclic) bond motifs is 2. The first kappa shape index (κ1) is 8.48. The SMILES string of the molecule is c1ccc2c(c1)Sc1cccc3ccn-2c13. The predicted molar refractivity (Wildman–Crippen MR) is 67.4 cm³/mol. The van der Waals surface area contributed by atoms with Crippen molar-refractivity contribution in [3.63, 3.8) is 0 Å². The van der Waals surface area contributed by atoms with Gasteiger partial charge in [-0.2, -0.15) is 0 Å². The fourth-order valence-corrected chi connectivity index (χ4v) is 3.42. The average Bonchev–Trinajstić information content (AvgIpc) is 2.76. The van der Waals surface area contributed by atoms with Crippen molar-refractivity contribution < 1.29 is 0 Å². The average molecular weight is 223 g/mol. The van der Waals surface area contributed by atoms with E-state index in [-0.39, 0.29) is 0 Å². The molecule has 1 aromatic heterocycles. The Morgan fingerprint density at radius 2 is 1.69 bits per heavy atom. The number of para-hydroxylation sites is 2. The van der Waals surface area contributed by atoms with Crippen molar-refractivity contribution in [3.05, 3.63) is 54.7 Å². The Labute approximate surface area is 97.7 Å². The van der Waals surface area contributed by atoms with Crippen molar-refractivity contribution in [2.75, 3.05) is 0 Å². The third-order valence-corrected chi connectivity index (χ3v) is 4.13. The lowest BCUT2D eigenvalue weighted by atomic mass is 10.2. The third-order valence-electron chi connectivity index (χ3n) is 3.02. The minimum Gasteiger partial charge on any atom is -0.314 e. The third kappa shape index (κ3) is 0.973. The van der Waals surface area contributed by atoms with E-state index in [9.17, 15) is 0 Å². The minimum atomic E-state index is 1.29. The summed E-state index contributed by atoms with van der Waals surface area (Å²) >= 11 is 1.86. The summed E-state index contributed by atoms with van der Waals surface area (Å²) in [5, 5.41) is 1.32. The van der Waals surface area contributed by atoms with Crippen LogP contribution in [0.25, 0.3) is 16.6 Å². The van der Waals surface area contributed by atoms with E-state index in [2.05, 4.69) is 59.3 Å². The molecule has 0 N–H and O–H groups in total. The van der Waals surface area contributed by atoms with Gasteiger partial charge in [0, 0.05) is 21.4 Å². The Morgan fingerprint density at radius 1 is 0.812 bits per heavy atom. The van der Waals surface area contributed by atoms with Gasteiger partial charge in [-0.15, -0.1) is 0 Å². The molecule has 3 aromatic rings. The zero-order chi connectivity index (χ0) is 10.5. The molecule has 0 fully saturated rings. The molecule has 0 spiro atoms. The molecular formula is C14H9NS. The van der Waals surface area contributed by atoms with Crippen LogP contribution < -0.4 is 0 Å². The highest BCUT2D eigenvalue weighted by Crippen LogP contribution is 2.42. The molecular weight excluding hydrogens is 214 g/mol. The maximum Gasteiger partial charge on any atom is 0.0668 e. The van der Waals surface area contributed by atoms with E-state index < -0.39 is 0 Å². The molecule has 0 saturated heterocycles. The van der Waals surface area contributed by atoms with Crippen LogP contribution in [0.3, 0.4) is 0 Å². The lowest BCUT2D eigenvalue weighted by Crippen LogP contribution is -1.99. The van der Waals surface area contributed by atoms with Crippen LogP contribution in [0.5, 0.6) is 0 Å². The fraction of sp³-hybridized carbons (Fsp3) is 0. The standard InChI is InChI=1S/C14H9NS/c1-2-6-12-11(5-1)15-9-8-10-4-3-7-13(16-12)14(10)15/h1-9H. The Hall–Kier alpha value is -1.67. The lowest BCUT2D eigenvalue weighted by molar-refractivity contribution is 1.05. The molecule has 76 valence electrons. The van der Waals surface area contributed by atoms with Gasteiger partial charge in [0.05, 0.1) is 11.2 Å². The quantitative estimate of drug-likeness (QED) is 0.434. The molecule has 4 rings (SSSR count). The van der Waals surface area contributed by atoms with Crippen LogP contribution in [-0.4, -0.2) is 4.57 Å². The minimum absolute atomic E-state index is 1.29. The number of nitrogens with zero attached hydrogens (tertiary/aromatic N) is 1. The van der Waals surface area contributed by atoms with Crippen LogP contribution in [0, 0.1) is 0 Å². The molecule has 16 heavy (non-hydrogen) atoms. The summed E-state index contributed by atoms with van der Waals surface area (Å²) < 4.78 is 2.29. The van der Waals surface area contributed by atoms with Crippen molar-refractivity contribution in [3.8, 4) is 5.69 Å². The highest BCUT2D eigenvalue weighted by atomic mass is 32.2. The van der Waals surface area contributed by atoms with Gasteiger partial charge >= 0.3 is 0 Å². The Balaban J connectivity index is 2.21. The molecule has 0 amide bonds. The van der Waals surface area contributed by atoms with Gasteiger partial charge in [-0.3, -0.25) is 0 Å². The first-order valence-corrected chi connectivity index (χ1v) is 6.12. The summed E-state index contributed by atoms with van der Waals surface area (Å²) in [6.07, 6.45) is 2.16. The van der Waals surface area contributed by atoms with Gasteiger partial charge in [0.2, 0.25) is 0 Å². The first-order valence-electron chi connectivity index (χ1n) is 5.31. The van der Waals surface area contributed by atoms with Crippen molar-refractivity contribution >= 4 is 22.7 Å². The monoisotopic (exact) mass is 223 g/mol. The summed E-state index contributed by atoms with van der Waals surface area (Å²) in [7, 11) is 0. The largest absolute Gasteiger partial charge is 0.314 e. The lowest BCUT2D eigenvalue weighted by Gasteiger charge is -2.18. The van der Waals surface area contributed by atoms with E-state index in [0.29, 0.717) is 0 Å². The maximum absolute atomic E-state index is 2.29. The zero-order valence-electron chi connectivity index (χ0n) is 8.55. The molecule has 0 radical (unpaired) electrons. The Bertz CT molecular complexity index is 697. The van der Waals surface area contributed by atoms with Crippen molar-refractivity contribution in [2.24, 2.45) is 0 Å². The normalized spacial score (nSPS) is 12.8. The molecule has 0 saturated carbocycles. The molecule has 2 heteroatoms. The smallest absolute Gasteiger partial charge is 0.0668 e. The van der Waals surface area contributed by atoms with E-state index in [1.807, 2.05) is 11.8 Å². The number of hydrogen-bond acceptors (Lipinski definition) is 1. The first-order chi connectivity index (χ1) is 7.93. The molecule has 1 aliphatic rings. The van der Waals surface area contributed by atoms with Crippen LogP contribution in [0.4, 0.5) is 0 Å². The molecule has 2 aromatic carbocycles. The highest BCUT2D eigenvalue weighted by molar-refractivity contribution is 7.99. The van der Waals surface area contributed by atoms with Crippen molar-refractivity contribution in [1.82, 2.24) is 4.57 Å². The summed E-state index contributed by atoms with van der Waals surface area (Å²) in [5.74, 6) is 0. The molecule has 0 bridgehead atoms. The summed E-state index contributed by atoms with van der Waals surface area (Å²) in [5.41, 5.74) is 2.63. The van der Waals surface area contributed by atoms with Gasteiger partial charge in [0.15, 0.2) is 0 Å². The van der Waals surface area contributed by atoms with Gasteiger partial charge in [-0.25, -0.2) is 0 Å². The summed E-state index contributed by atoms with van der Waals surface area (Å²) in [6, 6.07) is 17.2. The molecule has 0 aliphatic carbocycles. The molecule has 2 heterocycles. The van der Waals surface area contributed by atoms with Crippen molar-refractivity contribution in [1.29, 1.82) is 0 Å². The molecule has 1 aliphatic heterocycles. The molecule has 0 unspecified atom stereocenters. The zero-order valence-corrected chi connectivity index (χ0v) is 9.37. The van der Waals surface area contributed by atoms with Crippen LogP contribution >= 0.6 is 11.8 Å². The number of aromatic nitrogens is 1. The van der Waals surface area contributed by atoms with E-state index in [1.54, 1.807) is 0 Å². The second-order valence-corrected chi connectivity index (χ2v) is 5.03. The van der Waals surface area contributed by atoms with Gasteiger partial charge < -0.3 is 4.57 Å². The number of hydrogen-bond donors (Lipinski definition) is 0. The van der Waals surface area contributed by atoms with Crippen LogP contribution in [-0.2, 0) is 0 Å². The fourth-order valence-electron chi connectivity index (χ4n) is 2.31. The van der Waals surface area contributed by atoms with Crippen LogP contribution in [0.2, 0.25) is 0 Å². The van der Waals surface area contributed by atoms with E-state index in [4.69, 9.17) is 0 Å². The number of rotatable bonds is 0. The Kier molecular flexibility index (Phi) is 1.55. The maximum atomic E-state index is 2.29. The van der Waals surface area contributed by atoms with Gasteiger partial charge in [0.25, 0.3) is 0 Å². The van der Waals surface area contributed by atoms with Gasteiger partial charge in [0.1, 0.15) is 0 Å². The van der Waals surface area contributed by atoms with E-state index >= 15 is 0 Å². The topological polar surface area (TPSA) is 4.93 Å².